The van der Waals surface area contributed by atoms with Crippen molar-refractivity contribution < 1.29 is 18.0 Å². The Labute approximate surface area is 102 Å². The van der Waals surface area contributed by atoms with Gasteiger partial charge in [0.1, 0.15) is 0 Å². The lowest BCUT2D eigenvalue weighted by Gasteiger charge is -2.31. The van der Waals surface area contributed by atoms with Crippen molar-refractivity contribution in [2.45, 2.75) is 24.9 Å². The predicted molar refractivity (Wildman–Crippen MR) is 57.8 cm³/mol. The quantitative estimate of drug-likeness (QED) is 0.771. The maximum Gasteiger partial charge on any atom is 0.471 e. The summed E-state index contributed by atoms with van der Waals surface area (Å²) in [5, 5.41) is 4.24. The van der Waals surface area contributed by atoms with Gasteiger partial charge in [-0.2, -0.15) is 18.3 Å². The molecule has 1 aliphatic heterocycles. The Balaban J connectivity index is 1.94. The minimum Gasteiger partial charge on any atom is -0.335 e. The van der Waals surface area contributed by atoms with E-state index in [1.54, 1.807) is 11.7 Å². The first kappa shape index (κ1) is 12.9. The van der Waals surface area contributed by atoms with Crippen LogP contribution in [-0.4, -0.2) is 39.9 Å². The first-order valence-electron chi connectivity index (χ1n) is 5.73. The molecular weight excluding hydrogens is 247 g/mol. The van der Waals surface area contributed by atoms with Crippen molar-refractivity contribution in [3.8, 4) is 0 Å². The van der Waals surface area contributed by atoms with Crippen LogP contribution in [0.2, 0.25) is 0 Å². The van der Waals surface area contributed by atoms with E-state index in [1.165, 1.54) is 0 Å². The number of aromatic nitrogens is 2. The molecule has 0 unspecified atom stereocenters. The molecule has 7 heteroatoms. The number of amides is 1. The lowest BCUT2D eigenvalue weighted by atomic mass is 9.93. The zero-order chi connectivity index (χ0) is 13.3. The number of likely N-dealkylation sites (tertiary alicyclic amines) is 1. The van der Waals surface area contributed by atoms with E-state index in [4.69, 9.17) is 0 Å². The number of aryl methyl sites for hydroxylation is 1. The molecule has 2 heterocycles. The third-order valence-electron chi connectivity index (χ3n) is 3.18. The van der Waals surface area contributed by atoms with Crippen molar-refractivity contribution in [2.24, 2.45) is 7.05 Å². The van der Waals surface area contributed by atoms with Gasteiger partial charge in [-0.3, -0.25) is 9.48 Å². The van der Waals surface area contributed by atoms with Crippen LogP contribution in [0.25, 0.3) is 0 Å². The van der Waals surface area contributed by atoms with E-state index >= 15 is 0 Å². The van der Waals surface area contributed by atoms with Gasteiger partial charge < -0.3 is 4.90 Å². The van der Waals surface area contributed by atoms with Gasteiger partial charge in [-0.25, -0.2) is 0 Å². The summed E-state index contributed by atoms with van der Waals surface area (Å²) in [6.07, 6.45) is -1.90. The minimum absolute atomic E-state index is 0.138. The highest BCUT2D eigenvalue weighted by molar-refractivity contribution is 5.81. The van der Waals surface area contributed by atoms with Crippen LogP contribution >= 0.6 is 0 Å². The molecular formula is C11H14F3N3O. The van der Waals surface area contributed by atoms with Crippen molar-refractivity contribution in [1.82, 2.24) is 14.7 Å². The van der Waals surface area contributed by atoms with Crippen LogP contribution in [0, 0.1) is 0 Å². The Bertz CT molecular complexity index is 433. The fraction of sp³-hybridized carbons (Fsp3) is 0.636. The molecule has 0 radical (unpaired) electrons. The lowest BCUT2D eigenvalue weighted by molar-refractivity contribution is -0.186. The second-order valence-electron chi connectivity index (χ2n) is 4.48. The highest BCUT2D eigenvalue weighted by Crippen LogP contribution is 2.29. The van der Waals surface area contributed by atoms with Gasteiger partial charge in [0.05, 0.1) is 5.69 Å². The number of nitrogens with zero attached hydrogens (tertiary/aromatic N) is 3. The fourth-order valence-electron chi connectivity index (χ4n) is 2.21. The zero-order valence-electron chi connectivity index (χ0n) is 9.94. The molecule has 1 aromatic heterocycles. The van der Waals surface area contributed by atoms with Gasteiger partial charge in [-0.1, -0.05) is 0 Å². The summed E-state index contributed by atoms with van der Waals surface area (Å²) in [6.45, 7) is 0.277. The standard InChI is InChI=1S/C11H14F3N3O/c1-16-5-4-9(15-16)8-2-6-17(7-3-8)10(18)11(12,13)14/h4-5,8H,2-3,6-7H2,1H3. The Morgan fingerprint density at radius 1 is 1.39 bits per heavy atom. The van der Waals surface area contributed by atoms with E-state index in [0.717, 1.165) is 10.6 Å². The van der Waals surface area contributed by atoms with Crippen molar-refractivity contribution in [3.05, 3.63) is 18.0 Å². The van der Waals surface area contributed by atoms with Crippen molar-refractivity contribution in [2.75, 3.05) is 13.1 Å². The van der Waals surface area contributed by atoms with Crippen LogP contribution in [0.3, 0.4) is 0 Å². The number of alkyl halides is 3. The van der Waals surface area contributed by atoms with E-state index in [0.29, 0.717) is 12.8 Å². The van der Waals surface area contributed by atoms with Gasteiger partial charge in [0, 0.05) is 32.3 Å². The molecule has 1 amide bonds. The summed E-state index contributed by atoms with van der Waals surface area (Å²) < 4.78 is 38.4. The third kappa shape index (κ3) is 2.65. The van der Waals surface area contributed by atoms with Gasteiger partial charge in [0.2, 0.25) is 0 Å². The molecule has 100 valence electrons. The molecule has 0 N–H and O–H groups in total. The van der Waals surface area contributed by atoms with Gasteiger partial charge in [0.25, 0.3) is 0 Å². The Morgan fingerprint density at radius 3 is 2.44 bits per heavy atom. The number of carbonyl (C=O) groups is 1. The normalized spacial score (nSPS) is 18.1. The van der Waals surface area contributed by atoms with Gasteiger partial charge in [-0.05, 0) is 18.9 Å². The molecule has 0 spiro atoms. The Hall–Kier alpha value is -1.53. The zero-order valence-corrected chi connectivity index (χ0v) is 9.94. The van der Waals surface area contributed by atoms with Crippen LogP contribution in [0.5, 0.6) is 0 Å². The number of hydrogen-bond donors (Lipinski definition) is 0. The molecule has 1 aliphatic rings. The van der Waals surface area contributed by atoms with Crippen LogP contribution in [-0.2, 0) is 11.8 Å². The highest BCUT2D eigenvalue weighted by atomic mass is 19.4. The summed E-state index contributed by atoms with van der Waals surface area (Å²) in [6, 6.07) is 1.87. The second-order valence-corrected chi connectivity index (χ2v) is 4.48. The topological polar surface area (TPSA) is 38.1 Å². The number of halogens is 3. The van der Waals surface area contributed by atoms with E-state index in [1.807, 2.05) is 12.3 Å². The van der Waals surface area contributed by atoms with E-state index in [9.17, 15) is 18.0 Å². The molecule has 0 bridgehead atoms. The van der Waals surface area contributed by atoms with Gasteiger partial charge in [-0.15, -0.1) is 0 Å². The average molecular weight is 261 g/mol. The van der Waals surface area contributed by atoms with Crippen molar-refractivity contribution in [1.29, 1.82) is 0 Å². The number of piperidine rings is 1. The summed E-state index contributed by atoms with van der Waals surface area (Å²) in [7, 11) is 1.80. The molecule has 1 saturated heterocycles. The molecule has 1 fully saturated rings. The van der Waals surface area contributed by atoms with E-state index in [2.05, 4.69) is 5.10 Å². The number of rotatable bonds is 1. The lowest BCUT2D eigenvalue weighted by Crippen LogP contribution is -2.45. The maximum absolute atomic E-state index is 12.3. The first-order chi connectivity index (χ1) is 8.38. The van der Waals surface area contributed by atoms with Gasteiger partial charge >= 0.3 is 12.1 Å². The molecule has 0 aromatic carbocycles. The smallest absolute Gasteiger partial charge is 0.335 e. The van der Waals surface area contributed by atoms with E-state index < -0.39 is 12.1 Å². The SMILES string of the molecule is Cn1ccc(C2CCN(C(=O)C(F)(F)F)CC2)n1. The Morgan fingerprint density at radius 2 is 2.00 bits per heavy atom. The summed E-state index contributed by atoms with van der Waals surface area (Å²) in [5.74, 6) is -1.59. The van der Waals surface area contributed by atoms with Crippen molar-refractivity contribution in [3.63, 3.8) is 0 Å². The molecule has 4 nitrogen and oxygen atoms in total. The van der Waals surface area contributed by atoms with Crippen LogP contribution in [0.1, 0.15) is 24.5 Å². The monoisotopic (exact) mass is 261 g/mol. The summed E-state index contributed by atoms with van der Waals surface area (Å²) >= 11 is 0. The number of carbonyl (C=O) groups excluding carboxylic acids is 1. The van der Waals surface area contributed by atoms with Gasteiger partial charge in [0.15, 0.2) is 0 Å². The maximum atomic E-state index is 12.3. The molecule has 0 saturated carbocycles. The molecule has 0 atom stereocenters. The summed E-state index contributed by atoms with van der Waals surface area (Å²) in [4.78, 5) is 11.9. The number of hydrogen-bond acceptors (Lipinski definition) is 2. The molecule has 1 aromatic rings. The predicted octanol–water partition coefficient (Wildman–Crippen LogP) is 1.69. The first-order valence-corrected chi connectivity index (χ1v) is 5.73. The van der Waals surface area contributed by atoms with Crippen LogP contribution in [0.15, 0.2) is 12.3 Å². The highest BCUT2D eigenvalue weighted by Gasteiger charge is 2.43. The van der Waals surface area contributed by atoms with Crippen LogP contribution < -0.4 is 0 Å². The summed E-state index contributed by atoms with van der Waals surface area (Å²) in [5.41, 5.74) is 0.886. The third-order valence-corrected chi connectivity index (χ3v) is 3.18. The molecule has 2 rings (SSSR count). The van der Waals surface area contributed by atoms with Crippen LogP contribution in [0.4, 0.5) is 13.2 Å². The molecule has 0 aliphatic carbocycles. The largest absolute Gasteiger partial charge is 0.471 e. The van der Waals surface area contributed by atoms with E-state index in [-0.39, 0.29) is 19.0 Å². The average Bonchev–Trinajstić information content (AvgIpc) is 2.74. The van der Waals surface area contributed by atoms with Crippen molar-refractivity contribution >= 4 is 5.91 Å². The minimum atomic E-state index is -4.77. The second kappa shape index (κ2) is 4.62. The fourth-order valence-corrected chi connectivity index (χ4v) is 2.21. The molecule has 18 heavy (non-hydrogen) atoms. The Kier molecular flexibility index (Phi) is 3.32.